The molecule has 8 heteroatoms. The molecule has 25 heavy (non-hydrogen) atoms. The number of fused-ring (bicyclic) bond motifs is 4. The highest BCUT2D eigenvalue weighted by molar-refractivity contribution is 6.02. The van der Waals surface area contributed by atoms with Crippen molar-refractivity contribution in [1.82, 2.24) is 19.4 Å². The molecule has 2 aliphatic heterocycles. The van der Waals surface area contributed by atoms with Gasteiger partial charge in [-0.1, -0.05) is 6.07 Å². The number of likely N-dealkylation sites (tertiary alicyclic amines) is 1. The van der Waals surface area contributed by atoms with Crippen molar-refractivity contribution in [2.75, 3.05) is 13.1 Å². The lowest BCUT2D eigenvalue weighted by atomic mass is 9.83. The maximum Gasteiger partial charge on any atom is 0.356 e. The normalized spacial score (nSPS) is 21.5. The maximum atomic E-state index is 12.8. The fourth-order valence-corrected chi connectivity index (χ4v) is 3.86. The number of aromatic nitrogens is 3. The van der Waals surface area contributed by atoms with Crippen LogP contribution in [0.1, 0.15) is 39.0 Å². The van der Waals surface area contributed by atoms with Crippen LogP contribution in [0.3, 0.4) is 0 Å². The molecule has 128 valence electrons. The van der Waals surface area contributed by atoms with Gasteiger partial charge in [0.25, 0.3) is 11.5 Å². The molecule has 4 heterocycles. The zero-order valence-electron chi connectivity index (χ0n) is 13.3. The summed E-state index contributed by atoms with van der Waals surface area (Å²) in [5, 5.41) is 9.22. The van der Waals surface area contributed by atoms with E-state index in [1.54, 1.807) is 21.6 Å². The Balaban J connectivity index is 1.66. The number of carbonyl (C=O) groups is 2. The number of hydrogen-bond donors (Lipinski definition) is 1. The number of amides is 1. The Kier molecular flexibility index (Phi) is 3.60. The van der Waals surface area contributed by atoms with Gasteiger partial charge in [0.05, 0.1) is 0 Å². The van der Waals surface area contributed by atoms with Crippen molar-refractivity contribution in [2.45, 2.75) is 18.9 Å². The van der Waals surface area contributed by atoms with E-state index in [9.17, 15) is 19.5 Å². The molecule has 1 amide bonds. The van der Waals surface area contributed by atoms with E-state index in [0.717, 1.165) is 12.1 Å². The van der Waals surface area contributed by atoms with Crippen LogP contribution in [-0.2, 0) is 6.54 Å². The van der Waals surface area contributed by atoms with Gasteiger partial charge in [0.15, 0.2) is 11.4 Å². The minimum Gasteiger partial charge on any atom is -0.476 e. The van der Waals surface area contributed by atoms with Crippen molar-refractivity contribution in [3.8, 4) is 0 Å². The fourth-order valence-electron chi connectivity index (χ4n) is 3.86. The Morgan fingerprint density at radius 3 is 2.60 bits per heavy atom. The van der Waals surface area contributed by atoms with Crippen LogP contribution in [0.5, 0.6) is 0 Å². The molecule has 1 N–H and O–H groups in total. The van der Waals surface area contributed by atoms with Crippen LogP contribution < -0.4 is 5.56 Å². The van der Waals surface area contributed by atoms with Crippen LogP contribution in [0.2, 0.25) is 0 Å². The molecule has 2 bridgehead atoms. The van der Waals surface area contributed by atoms with E-state index in [0.29, 0.717) is 19.6 Å². The molecular formula is C17H16N4O4. The SMILES string of the molecule is O=C(O)c1nccnc1C(=O)N1C[C@H]2C[C@@H](C1)c1cccc(=O)n1C2. The standard InChI is InChI=1S/C17H16N4O4/c22-13-3-1-2-12-11-6-10(8-21(12)13)7-20(9-11)16(23)14-15(17(24)25)19-5-4-18-14/h1-5,10-11H,6-9H2,(H,24,25)/t10-,11+/m1/s1. The second-order valence-electron chi connectivity index (χ2n) is 6.47. The monoisotopic (exact) mass is 340 g/mol. The van der Waals surface area contributed by atoms with Gasteiger partial charge >= 0.3 is 5.97 Å². The van der Waals surface area contributed by atoms with Gasteiger partial charge in [-0.15, -0.1) is 0 Å². The minimum atomic E-state index is -1.27. The van der Waals surface area contributed by atoms with E-state index in [1.165, 1.54) is 12.4 Å². The molecule has 2 aromatic rings. The van der Waals surface area contributed by atoms with E-state index in [-0.39, 0.29) is 28.8 Å². The molecule has 1 saturated heterocycles. The Labute approximate surface area is 142 Å². The van der Waals surface area contributed by atoms with Gasteiger partial charge < -0.3 is 14.6 Å². The first kappa shape index (κ1) is 15.5. The molecule has 0 aromatic carbocycles. The van der Waals surface area contributed by atoms with Crippen LogP contribution in [0, 0.1) is 5.92 Å². The smallest absolute Gasteiger partial charge is 0.356 e. The van der Waals surface area contributed by atoms with Gasteiger partial charge in [-0.2, -0.15) is 0 Å². The summed E-state index contributed by atoms with van der Waals surface area (Å²) in [6.45, 7) is 1.49. The highest BCUT2D eigenvalue weighted by atomic mass is 16.4. The molecule has 0 unspecified atom stereocenters. The summed E-state index contributed by atoms with van der Waals surface area (Å²) in [5.74, 6) is -1.46. The lowest BCUT2D eigenvalue weighted by Gasteiger charge is -2.42. The van der Waals surface area contributed by atoms with Crippen molar-refractivity contribution in [1.29, 1.82) is 0 Å². The number of carbonyl (C=O) groups excluding carboxylic acids is 1. The molecule has 8 nitrogen and oxygen atoms in total. The topological polar surface area (TPSA) is 105 Å². The first-order chi connectivity index (χ1) is 12.0. The fraction of sp³-hybridized carbons (Fsp3) is 0.353. The zero-order valence-corrected chi connectivity index (χ0v) is 13.3. The van der Waals surface area contributed by atoms with Gasteiger partial charge in [0.1, 0.15) is 0 Å². The summed E-state index contributed by atoms with van der Waals surface area (Å²) in [6.07, 6.45) is 3.49. The molecule has 2 atom stereocenters. The van der Waals surface area contributed by atoms with Crippen LogP contribution in [-0.4, -0.2) is 49.5 Å². The lowest BCUT2D eigenvalue weighted by molar-refractivity contribution is 0.0571. The van der Waals surface area contributed by atoms with Crippen molar-refractivity contribution in [3.63, 3.8) is 0 Å². The zero-order chi connectivity index (χ0) is 17.6. The predicted octanol–water partition coefficient (Wildman–Crippen LogP) is 0.596. The van der Waals surface area contributed by atoms with E-state index in [1.807, 2.05) is 6.07 Å². The molecular weight excluding hydrogens is 324 g/mol. The molecule has 0 aliphatic carbocycles. The quantitative estimate of drug-likeness (QED) is 0.858. The van der Waals surface area contributed by atoms with Crippen molar-refractivity contribution < 1.29 is 14.7 Å². The van der Waals surface area contributed by atoms with Crippen molar-refractivity contribution >= 4 is 11.9 Å². The Morgan fingerprint density at radius 2 is 1.84 bits per heavy atom. The van der Waals surface area contributed by atoms with Crippen molar-refractivity contribution in [2.24, 2.45) is 5.92 Å². The van der Waals surface area contributed by atoms with Crippen LogP contribution >= 0.6 is 0 Å². The highest BCUT2D eigenvalue weighted by Crippen LogP contribution is 2.35. The predicted molar refractivity (Wildman–Crippen MR) is 86.4 cm³/mol. The maximum absolute atomic E-state index is 12.8. The van der Waals surface area contributed by atoms with E-state index in [2.05, 4.69) is 9.97 Å². The van der Waals surface area contributed by atoms with Crippen LogP contribution in [0.4, 0.5) is 0 Å². The summed E-state index contributed by atoms with van der Waals surface area (Å²) in [6, 6.07) is 5.20. The molecule has 2 aliphatic rings. The molecule has 4 rings (SSSR count). The first-order valence-corrected chi connectivity index (χ1v) is 8.08. The number of aromatic carboxylic acids is 1. The third-order valence-electron chi connectivity index (χ3n) is 4.87. The van der Waals surface area contributed by atoms with Gasteiger partial charge in [-0.25, -0.2) is 14.8 Å². The lowest BCUT2D eigenvalue weighted by Crippen LogP contribution is -2.49. The molecule has 2 aromatic heterocycles. The minimum absolute atomic E-state index is 0.0194. The summed E-state index contributed by atoms with van der Waals surface area (Å²) < 4.78 is 1.78. The second-order valence-corrected chi connectivity index (χ2v) is 6.47. The van der Waals surface area contributed by atoms with Crippen LogP contribution in [0.15, 0.2) is 35.4 Å². The molecule has 1 fully saturated rings. The molecule has 0 spiro atoms. The third kappa shape index (κ3) is 2.59. The summed E-state index contributed by atoms with van der Waals surface area (Å²) in [4.78, 5) is 45.5. The van der Waals surface area contributed by atoms with Gasteiger partial charge in [-0.3, -0.25) is 9.59 Å². The molecule has 0 saturated carbocycles. The third-order valence-corrected chi connectivity index (χ3v) is 4.87. The summed E-state index contributed by atoms with van der Waals surface area (Å²) in [5.41, 5.74) is 0.438. The van der Waals surface area contributed by atoms with Gasteiger partial charge in [0, 0.05) is 49.7 Å². The number of carboxylic acids is 1. The largest absolute Gasteiger partial charge is 0.476 e. The number of rotatable bonds is 2. The van der Waals surface area contributed by atoms with Gasteiger partial charge in [-0.05, 0) is 18.4 Å². The Morgan fingerprint density at radius 1 is 1.08 bits per heavy atom. The molecule has 0 radical (unpaired) electrons. The van der Waals surface area contributed by atoms with E-state index < -0.39 is 11.9 Å². The Hall–Kier alpha value is -3.03. The number of hydrogen-bond acceptors (Lipinski definition) is 5. The summed E-state index contributed by atoms with van der Waals surface area (Å²) >= 11 is 0. The number of carboxylic acid groups (broad SMARTS) is 1. The number of pyridine rings is 1. The van der Waals surface area contributed by atoms with E-state index >= 15 is 0 Å². The summed E-state index contributed by atoms with van der Waals surface area (Å²) in [7, 11) is 0. The number of piperidine rings is 1. The van der Waals surface area contributed by atoms with E-state index in [4.69, 9.17) is 0 Å². The van der Waals surface area contributed by atoms with Crippen LogP contribution in [0.25, 0.3) is 0 Å². The number of nitrogens with zero attached hydrogens (tertiary/aromatic N) is 4. The second kappa shape index (κ2) is 5.80. The average Bonchev–Trinajstić information content (AvgIpc) is 2.62. The average molecular weight is 340 g/mol. The van der Waals surface area contributed by atoms with Crippen molar-refractivity contribution in [3.05, 3.63) is 58.0 Å². The highest BCUT2D eigenvalue weighted by Gasteiger charge is 2.37. The first-order valence-electron chi connectivity index (χ1n) is 8.08. The van der Waals surface area contributed by atoms with Gasteiger partial charge in [0.2, 0.25) is 0 Å². The Bertz CT molecular complexity index is 923.